The molecule has 0 bridgehead atoms. The van der Waals surface area contributed by atoms with Gasteiger partial charge >= 0.3 is 11.9 Å². The van der Waals surface area contributed by atoms with Gasteiger partial charge in [-0.1, -0.05) is 0 Å². The Bertz CT molecular complexity index is 303. The van der Waals surface area contributed by atoms with E-state index in [2.05, 4.69) is 33.1 Å². The highest BCUT2D eigenvalue weighted by molar-refractivity contribution is 5.69. The number of carbonyl (C=O) groups excluding carboxylic acids is 2. The minimum atomic E-state index is -0.169. The molecule has 20 heavy (non-hydrogen) atoms. The molecular formula is C14H26N2O4. The first-order valence-corrected chi connectivity index (χ1v) is 7.09. The van der Waals surface area contributed by atoms with Crippen molar-refractivity contribution < 1.29 is 19.1 Å². The van der Waals surface area contributed by atoms with Gasteiger partial charge in [0.25, 0.3) is 0 Å². The molecule has 0 amide bonds. The second-order valence-corrected chi connectivity index (χ2v) is 5.34. The molecule has 0 spiro atoms. The lowest BCUT2D eigenvalue weighted by Gasteiger charge is -2.44. The van der Waals surface area contributed by atoms with Crippen LogP contribution in [0.5, 0.6) is 0 Å². The molecule has 0 saturated carbocycles. The Morgan fingerprint density at radius 2 is 1.25 bits per heavy atom. The van der Waals surface area contributed by atoms with Gasteiger partial charge < -0.3 is 9.47 Å². The van der Waals surface area contributed by atoms with Crippen molar-refractivity contribution in [3.05, 3.63) is 0 Å². The number of esters is 2. The highest BCUT2D eigenvalue weighted by Crippen LogP contribution is 2.16. The van der Waals surface area contributed by atoms with E-state index in [1.807, 2.05) is 0 Å². The third kappa shape index (κ3) is 5.09. The number of ether oxygens (including phenoxy) is 2. The molecule has 1 rings (SSSR count). The van der Waals surface area contributed by atoms with Gasteiger partial charge in [0.15, 0.2) is 0 Å². The standard InChI is InChI=1S/C14H26N2O4/c1-11-9-16(8-6-14(18)20-4)12(2)10-15(11)7-5-13(17)19-3/h11-12H,5-10H2,1-4H3/t11-,12-/m0/s1. The normalized spacial score (nSPS) is 24.4. The van der Waals surface area contributed by atoms with Crippen molar-refractivity contribution in [3.63, 3.8) is 0 Å². The molecule has 1 fully saturated rings. The molecule has 6 nitrogen and oxygen atoms in total. The summed E-state index contributed by atoms with van der Waals surface area (Å²) in [6, 6.07) is 0.738. The summed E-state index contributed by atoms with van der Waals surface area (Å²) >= 11 is 0. The molecule has 1 aliphatic heterocycles. The maximum absolute atomic E-state index is 11.2. The summed E-state index contributed by atoms with van der Waals surface area (Å²) in [5, 5.41) is 0. The smallest absolute Gasteiger partial charge is 0.306 e. The zero-order chi connectivity index (χ0) is 15.1. The van der Waals surface area contributed by atoms with Crippen LogP contribution >= 0.6 is 0 Å². The van der Waals surface area contributed by atoms with E-state index in [0.29, 0.717) is 24.9 Å². The first kappa shape index (κ1) is 16.9. The van der Waals surface area contributed by atoms with Crippen LogP contribution < -0.4 is 0 Å². The van der Waals surface area contributed by atoms with Crippen molar-refractivity contribution >= 4 is 11.9 Å². The quantitative estimate of drug-likeness (QED) is 0.663. The fourth-order valence-corrected chi connectivity index (χ4v) is 2.57. The number of hydrogen-bond acceptors (Lipinski definition) is 6. The second kappa shape index (κ2) is 8.21. The summed E-state index contributed by atoms with van der Waals surface area (Å²) < 4.78 is 9.35. The third-order valence-corrected chi connectivity index (χ3v) is 3.91. The van der Waals surface area contributed by atoms with Crippen LogP contribution in [0.25, 0.3) is 0 Å². The molecule has 0 aliphatic carbocycles. The Morgan fingerprint density at radius 1 is 0.900 bits per heavy atom. The Hall–Kier alpha value is -1.14. The fraction of sp³-hybridized carbons (Fsp3) is 0.857. The molecule has 1 aliphatic rings. The maximum Gasteiger partial charge on any atom is 0.306 e. The summed E-state index contributed by atoms with van der Waals surface area (Å²) in [7, 11) is 2.83. The Morgan fingerprint density at radius 3 is 1.55 bits per heavy atom. The largest absolute Gasteiger partial charge is 0.469 e. The third-order valence-electron chi connectivity index (χ3n) is 3.91. The molecule has 116 valence electrons. The highest BCUT2D eigenvalue weighted by atomic mass is 16.5. The number of nitrogens with zero attached hydrogens (tertiary/aromatic N) is 2. The minimum Gasteiger partial charge on any atom is -0.469 e. The molecule has 0 aromatic heterocycles. The summed E-state index contributed by atoms with van der Waals surface area (Å²) in [4.78, 5) is 27.0. The van der Waals surface area contributed by atoms with Crippen LogP contribution in [-0.2, 0) is 19.1 Å². The van der Waals surface area contributed by atoms with E-state index in [1.165, 1.54) is 14.2 Å². The van der Waals surface area contributed by atoms with Crippen LogP contribution in [0.2, 0.25) is 0 Å². The number of carbonyl (C=O) groups is 2. The van der Waals surface area contributed by atoms with E-state index in [-0.39, 0.29) is 11.9 Å². The molecule has 0 aromatic rings. The van der Waals surface area contributed by atoms with E-state index >= 15 is 0 Å². The molecule has 1 saturated heterocycles. The van der Waals surface area contributed by atoms with Gasteiger partial charge in [-0.3, -0.25) is 19.4 Å². The zero-order valence-corrected chi connectivity index (χ0v) is 12.9. The lowest BCUT2D eigenvalue weighted by atomic mass is 10.1. The minimum absolute atomic E-state index is 0.169. The molecule has 2 atom stereocenters. The van der Waals surface area contributed by atoms with Crippen molar-refractivity contribution in [2.45, 2.75) is 38.8 Å². The predicted molar refractivity (Wildman–Crippen MR) is 75.3 cm³/mol. The Labute approximate surface area is 121 Å². The Balaban J connectivity index is 2.40. The lowest BCUT2D eigenvalue weighted by molar-refractivity contribution is -0.142. The van der Waals surface area contributed by atoms with Gasteiger partial charge in [-0.05, 0) is 13.8 Å². The topological polar surface area (TPSA) is 59.1 Å². The van der Waals surface area contributed by atoms with Crippen molar-refractivity contribution in [1.82, 2.24) is 9.80 Å². The van der Waals surface area contributed by atoms with E-state index in [1.54, 1.807) is 0 Å². The second-order valence-electron chi connectivity index (χ2n) is 5.34. The highest BCUT2D eigenvalue weighted by Gasteiger charge is 2.29. The summed E-state index contributed by atoms with van der Waals surface area (Å²) in [6.45, 7) is 7.55. The number of methoxy groups -OCH3 is 2. The van der Waals surface area contributed by atoms with Crippen molar-refractivity contribution in [1.29, 1.82) is 0 Å². The van der Waals surface area contributed by atoms with Gasteiger partial charge in [0, 0.05) is 38.3 Å². The molecule has 0 unspecified atom stereocenters. The number of piperazine rings is 1. The molecule has 0 N–H and O–H groups in total. The molecular weight excluding hydrogens is 260 g/mol. The summed E-state index contributed by atoms with van der Waals surface area (Å²) in [6.07, 6.45) is 0.853. The van der Waals surface area contributed by atoms with Gasteiger partial charge in [0.05, 0.1) is 27.1 Å². The van der Waals surface area contributed by atoms with E-state index < -0.39 is 0 Å². The zero-order valence-electron chi connectivity index (χ0n) is 12.9. The predicted octanol–water partition coefficient (Wildman–Crippen LogP) is 0.507. The first-order chi connectivity index (χ1) is 9.47. The molecule has 6 heteroatoms. The molecule has 1 heterocycles. The summed E-state index contributed by atoms with van der Waals surface area (Å²) in [5.74, 6) is -0.337. The average molecular weight is 286 g/mol. The van der Waals surface area contributed by atoms with Gasteiger partial charge in [-0.2, -0.15) is 0 Å². The van der Waals surface area contributed by atoms with Crippen LogP contribution in [-0.4, -0.2) is 74.2 Å². The van der Waals surface area contributed by atoms with Crippen molar-refractivity contribution in [2.75, 3.05) is 40.4 Å². The van der Waals surface area contributed by atoms with Crippen LogP contribution in [0, 0.1) is 0 Å². The fourth-order valence-electron chi connectivity index (χ4n) is 2.57. The maximum atomic E-state index is 11.2. The van der Waals surface area contributed by atoms with E-state index in [4.69, 9.17) is 0 Å². The van der Waals surface area contributed by atoms with Crippen molar-refractivity contribution in [2.24, 2.45) is 0 Å². The van der Waals surface area contributed by atoms with Crippen molar-refractivity contribution in [3.8, 4) is 0 Å². The van der Waals surface area contributed by atoms with Gasteiger partial charge in [0.1, 0.15) is 0 Å². The summed E-state index contributed by atoms with van der Waals surface area (Å²) in [5.41, 5.74) is 0. The Kier molecular flexibility index (Phi) is 6.95. The average Bonchev–Trinajstić information content (AvgIpc) is 2.45. The molecule has 0 radical (unpaired) electrons. The SMILES string of the molecule is COC(=O)CCN1C[C@H](C)N(CCC(=O)OC)C[C@@H]1C. The van der Waals surface area contributed by atoms with E-state index in [9.17, 15) is 9.59 Å². The van der Waals surface area contributed by atoms with Crippen LogP contribution in [0.3, 0.4) is 0 Å². The van der Waals surface area contributed by atoms with Gasteiger partial charge in [-0.15, -0.1) is 0 Å². The van der Waals surface area contributed by atoms with E-state index in [0.717, 1.165) is 26.2 Å². The van der Waals surface area contributed by atoms with Gasteiger partial charge in [-0.25, -0.2) is 0 Å². The number of hydrogen-bond donors (Lipinski definition) is 0. The molecule has 0 aromatic carbocycles. The monoisotopic (exact) mass is 286 g/mol. The lowest BCUT2D eigenvalue weighted by Crippen LogP contribution is -2.56. The van der Waals surface area contributed by atoms with Crippen LogP contribution in [0.4, 0.5) is 0 Å². The van der Waals surface area contributed by atoms with Crippen LogP contribution in [0.1, 0.15) is 26.7 Å². The van der Waals surface area contributed by atoms with Gasteiger partial charge in [0.2, 0.25) is 0 Å². The number of rotatable bonds is 6. The van der Waals surface area contributed by atoms with Crippen LogP contribution in [0.15, 0.2) is 0 Å². The first-order valence-electron chi connectivity index (χ1n) is 7.09.